The van der Waals surface area contributed by atoms with Crippen molar-refractivity contribution >= 4 is 52.5 Å². The second-order valence-corrected chi connectivity index (χ2v) is 17.5. The lowest BCUT2D eigenvalue weighted by Crippen LogP contribution is -2.36. The number of amides is 3. The number of carbonyl (C=O) groups is 4. The van der Waals surface area contributed by atoms with Crippen molar-refractivity contribution in [1.82, 2.24) is 23.9 Å². The van der Waals surface area contributed by atoms with Gasteiger partial charge in [0.2, 0.25) is 17.7 Å². The molecule has 2 aliphatic rings. The van der Waals surface area contributed by atoms with Crippen LogP contribution in [0.5, 0.6) is 0 Å². The Hall–Kier alpha value is -7.62. The maximum absolute atomic E-state index is 14.8. The van der Waals surface area contributed by atoms with Gasteiger partial charge in [-0.2, -0.15) is 0 Å². The molecule has 4 atom stereocenters. The Labute approximate surface area is 418 Å². The summed E-state index contributed by atoms with van der Waals surface area (Å²) in [6.45, 7) is -1.47. The van der Waals surface area contributed by atoms with Crippen molar-refractivity contribution in [2.24, 2.45) is 23.7 Å². The molecule has 8 rings (SSSR count). The van der Waals surface area contributed by atoms with E-state index in [1.165, 1.54) is 86.1 Å². The van der Waals surface area contributed by atoms with E-state index in [2.05, 4.69) is 20.9 Å². The summed E-state index contributed by atoms with van der Waals surface area (Å²) in [7, 11) is 0. The molecular weight excluding hydrogens is 986 g/mol. The molecule has 73 heavy (non-hydrogen) atoms. The number of likely N-dealkylation sites (tertiary alicyclic amines) is 2. The highest BCUT2D eigenvalue weighted by molar-refractivity contribution is 6.30. The number of alkyl halides is 4. The number of hydrogen-bond acceptors (Lipinski definition) is 10. The van der Waals surface area contributed by atoms with Crippen molar-refractivity contribution in [2.45, 2.75) is 19.3 Å². The number of pyridine rings is 3. The van der Waals surface area contributed by atoms with Crippen LogP contribution in [0.1, 0.15) is 5.56 Å². The number of nitrogens with one attached hydrogen (secondary N) is 3. The van der Waals surface area contributed by atoms with Gasteiger partial charge in [0, 0.05) is 75.5 Å². The minimum atomic E-state index is -2.65. The normalized spacial score (nSPS) is 17.7. The van der Waals surface area contributed by atoms with Crippen LogP contribution >= 0.6 is 11.6 Å². The van der Waals surface area contributed by atoms with Gasteiger partial charge < -0.3 is 20.7 Å². The van der Waals surface area contributed by atoms with Gasteiger partial charge in [-0.25, -0.2) is 31.3 Å². The molecule has 3 aromatic carbocycles. The van der Waals surface area contributed by atoms with Crippen LogP contribution in [-0.2, 0) is 30.3 Å². The van der Waals surface area contributed by atoms with E-state index in [1.54, 1.807) is 24.3 Å². The minimum absolute atomic E-state index is 0.0645. The van der Waals surface area contributed by atoms with E-state index >= 15 is 0 Å². The zero-order valence-corrected chi connectivity index (χ0v) is 39.3. The summed E-state index contributed by atoms with van der Waals surface area (Å²) in [4.78, 5) is 82.5. The highest BCUT2D eigenvalue weighted by Gasteiger charge is 2.44. The first-order valence-corrected chi connectivity index (χ1v) is 23.1. The van der Waals surface area contributed by atoms with Gasteiger partial charge in [0.15, 0.2) is 0 Å². The van der Waals surface area contributed by atoms with Crippen LogP contribution in [0.25, 0.3) is 11.4 Å². The predicted octanol–water partition coefficient (Wildman–Crippen LogP) is 6.93. The van der Waals surface area contributed by atoms with E-state index in [0.29, 0.717) is 11.4 Å². The van der Waals surface area contributed by atoms with Crippen molar-refractivity contribution in [3.63, 3.8) is 0 Å². The Morgan fingerprint density at radius 2 is 1.07 bits per heavy atom. The number of halogens is 7. The highest BCUT2D eigenvalue weighted by atomic mass is 35.5. The molecule has 15 nitrogen and oxygen atoms in total. The van der Waals surface area contributed by atoms with Crippen molar-refractivity contribution in [3.8, 4) is 11.4 Å². The van der Waals surface area contributed by atoms with E-state index in [9.17, 15) is 55.1 Å². The summed E-state index contributed by atoms with van der Waals surface area (Å²) in [6, 6.07) is 29.1. The quantitative estimate of drug-likeness (QED) is 0.0681. The molecule has 2 saturated heterocycles. The van der Waals surface area contributed by atoms with Gasteiger partial charge in [-0.3, -0.25) is 47.7 Å². The number of ether oxygens (including phenoxy) is 1. The summed E-state index contributed by atoms with van der Waals surface area (Å²) in [6.07, 6.45) is -0.527. The Morgan fingerprint density at radius 1 is 0.603 bits per heavy atom. The van der Waals surface area contributed by atoms with Crippen LogP contribution in [0.15, 0.2) is 143 Å². The van der Waals surface area contributed by atoms with Gasteiger partial charge in [-0.05, 0) is 54.1 Å². The van der Waals surface area contributed by atoms with Crippen molar-refractivity contribution in [2.75, 3.05) is 61.8 Å². The zero-order valence-electron chi connectivity index (χ0n) is 38.6. The van der Waals surface area contributed by atoms with Crippen LogP contribution in [0.2, 0.25) is 5.02 Å². The summed E-state index contributed by atoms with van der Waals surface area (Å²) >= 11 is 5.80. The fraction of sp³-hybridized carbons (Fsp3) is 0.275. The number of aromatic nitrogens is 3. The van der Waals surface area contributed by atoms with Crippen LogP contribution in [0.4, 0.5) is 43.5 Å². The zero-order chi connectivity index (χ0) is 52.2. The Kier molecular flexibility index (Phi) is 18.0. The molecule has 3 N–H and O–H groups in total. The molecule has 6 aromatic rings. The molecule has 382 valence electrons. The number of rotatable bonds is 16. The molecule has 22 heteroatoms. The van der Waals surface area contributed by atoms with Crippen LogP contribution < -0.4 is 27.1 Å². The highest BCUT2D eigenvalue weighted by Crippen LogP contribution is 2.30. The molecule has 2 fully saturated rings. The molecule has 0 aliphatic carbocycles. The molecule has 3 aromatic heterocycles. The summed E-state index contributed by atoms with van der Waals surface area (Å²) in [5, 5.41) is 7.84. The van der Waals surface area contributed by atoms with Crippen LogP contribution in [0.3, 0.4) is 0 Å². The maximum Gasteiger partial charge on any atom is 0.311 e. The molecule has 2 aliphatic heterocycles. The SMILES string of the molecule is O=C(Nc1ccc(-n2ccccc2=O)cc1F)[C@H]1CN(CC(F)F)C[C@@H]1C(=O)OCCc1ccccc1.O=C(Nc1ccc(Cl)cn1)[C@H]1CN(CC(F)F)C[C@@H]1C(=O)Nc1ccc(-n2ccccc2=O)cc1F. The van der Waals surface area contributed by atoms with E-state index in [4.69, 9.17) is 16.3 Å². The molecule has 5 heterocycles. The average Bonchev–Trinajstić information content (AvgIpc) is 3.99. The third kappa shape index (κ3) is 14.3. The third-order valence-electron chi connectivity index (χ3n) is 12.0. The monoisotopic (exact) mass is 1030 g/mol. The van der Waals surface area contributed by atoms with Gasteiger partial charge >= 0.3 is 5.97 Å². The standard InChI is InChI=1S/C27H26F3N3O4.C24H21ClF3N5O3/c28-22-14-19(33-12-5-4-8-25(33)34)9-10-23(22)31-26(35)20-15-32(17-24(29)30)16-21(20)27(36)37-13-11-18-6-2-1-3-7-18;25-14-4-7-21(29-10-14)31-24(36)17-12-32(13-20(27)28)11-16(17)23(35)30-19-6-5-15(9-18(19)26)33-8-2-1-3-22(33)34/h1-10,12,14,20-21,24H,11,13,15-17H2,(H,31,35);1-10,16-17,20H,11-13H2,(H,30,35)(H,29,31,36)/t20-,21-;16-,17-/m00/s1. The summed E-state index contributed by atoms with van der Waals surface area (Å²) in [5.41, 5.74) is 0.463. The van der Waals surface area contributed by atoms with E-state index in [1.807, 2.05) is 30.3 Å². The summed E-state index contributed by atoms with van der Waals surface area (Å²) < 4.78 is 89.5. The average molecular weight is 1030 g/mol. The maximum atomic E-state index is 14.8. The Bertz CT molecular complexity index is 3020. The first-order valence-electron chi connectivity index (χ1n) is 22.7. The fourth-order valence-corrected chi connectivity index (χ4v) is 8.54. The molecule has 0 saturated carbocycles. The molecule has 0 radical (unpaired) electrons. The number of benzene rings is 3. The Morgan fingerprint density at radius 3 is 1.52 bits per heavy atom. The van der Waals surface area contributed by atoms with E-state index in [0.717, 1.165) is 17.7 Å². The molecule has 0 spiro atoms. The van der Waals surface area contributed by atoms with Gasteiger partial charge in [-0.15, -0.1) is 0 Å². The number of hydrogen-bond donors (Lipinski definition) is 3. The number of esters is 1. The van der Waals surface area contributed by atoms with E-state index < -0.39 is 84.9 Å². The largest absolute Gasteiger partial charge is 0.465 e. The van der Waals surface area contributed by atoms with Gasteiger partial charge in [0.1, 0.15) is 17.5 Å². The summed E-state index contributed by atoms with van der Waals surface area (Å²) in [5.74, 6) is -7.99. The third-order valence-corrected chi connectivity index (χ3v) is 12.2. The Balaban J connectivity index is 0.000000214. The number of anilines is 3. The first kappa shape index (κ1) is 53.2. The topological polar surface area (TPSA) is 177 Å². The van der Waals surface area contributed by atoms with Crippen LogP contribution in [0, 0.1) is 35.3 Å². The lowest BCUT2D eigenvalue weighted by atomic mass is 9.94. The number of carbonyl (C=O) groups excluding carboxylic acids is 4. The number of nitrogens with zero attached hydrogens (tertiary/aromatic N) is 5. The van der Waals surface area contributed by atoms with Crippen molar-refractivity contribution < 1.29 is 50.3 Å². The van der Waals surface area contributed by atoms with Gasteiger partial charge in [0.05, 0.1) is 71.1 Å². The molecule has 3 amide bonds. The van der Waals surface area contributed by atoms with E-state index in [-0.39, 0.29) is 72.5 Å². The lowest BCUT2D eigenvalue weighted by molar-refractivity contribution is -0.150. The first-order chi connectivity index (χ1) is 35.0. The fourth-order valence-electron chi connectivity index (χ4n) is 8.43. The van der Waals surface area contributed by atoms with Crippen molar-refractivity contribution in [3.05, 3.63) is 177 Å². The minimum Gasteiger partial charge on any atom is -0.465 e. The molecule has 0 unspecified atom stereocenters. The van der Waals surface area contributed by atoms with Crippen molar-refractivity contribution in [1.29, 1.82) is 0 Å². The predicted molar refractivity (Wildman–Crippen MR) is 259 cm³/mol. The lowest BCUT2D eigenvalue weighted by Gasteiger charge is -2.18. The molecule has 0 bridgehead atoms. The second-order valence-electron chi connectivity index (χ2n) is 17.0. The molecular formula is C51H47ClF6N8O7. The smallest absolute Gasteiger partial charge is 0.311 e. The second kappa shape index (κ2) is 24.7. The van der Waals surface area contributed by atoms with Gasteiger partial charge in [0.25, 0.3) is 24.0 Å². The van der Waals surface area contributed by atoms with Crippen LogP contribution in [-0.4, -0.2) is 106 Å². The van der Waals surface area contributed by atoms with Gasteiger partial charge in [-0.1, -0.05) is 54.1 Å².